The zero-order chi connectivity index (χ0) is 28.1. The first-order valence-electron chi connectivity index (χ1n) is 14.6. The molecule has 7 nitrogen and oxygen atoms in total. The van der Waals surface area contributed by atoms with Crippen LogP contribution in [-0.2, 0) is 33.3 Å². The van der Waals surface area contributed by atoms with Gasteiger partial charge in [0, 0.05) is 36.3 Å². The maximum absolute atomic E-state index is 12.4. The van der Waals surface area contributed by atoms with Gasteiger partial charge >= 0.3 is 17.9 Å². The molecule has 0 bridgehead atoms. The van der Waals surface area contributed by atoms with E-state index in [9.17, 15) is 14.4 Å². The number of carbonyl (C=O) groups is 3. The minimum atomic E-state index is -0.660. The van der Waals surface area contributed by atoms with E-state index >= 15 is 0 Å². The van der Waals surface area contributed by atoms with E-state index in [2.05, 4.69) is 20.8 Å². The summed E-state index contributed by atoms with van der Waals surface area (Å²) in [4.78, 5) is 37.2. The van der Waals surface area contributed by atoms with Crippen LogP contribution in [0.25, 0.3) is 0 Å². The summed E-state index contributed by atoms with van der Waals surface area (Å²) < 4.78 is 24.5. The third-order valence-corrected chi connectivity index (χ3v) is 11.7. The Kier molecular flexibility index (Phi) is 5.87. The Labute approximate surface area is 231 Å². The first kappa shape index (κ1) is 26.8. The highest BCUT2D eigenvalue weighted by molar-refractivity contribution is 5.88. The highest BCUT2D eigenvalue weighted by Crippen LogP contribution is 2.71. The lowest BCUT2D eigenvalue weighted by molar-refractivity contribution is -0.156. The van der Waals surface area contributed by atoms with Gasteiger partial charge in [-0.15, -0.1) is 0 Å². The van der Waals surface area contributed by atoms with Crippen molar-refractivity contribution in [2.24, 2.45) is 28.6 Å². The highest BCUT2D eigenvalue weighted by atomic mass is 16.6. The third kappa shape index (κ3) is 3.67. The van der Waals surface area contributed by atoms with Gasteiger partial charge in [-0.05, 0) is 81.8 Å². The molecule has 0 N–H and O–H groups in total. The van der Waals surface area contributed by atoms with Crippen LogP contribution in [0.4, 0.5) is 0 Å². The van der Waals surface area contributed by atoms with Crippen molar-refractivity contribution in [3.8, 4) is 0 Å². The second kappa shape index (κ2) is 8.55. The van der Waals surface area contributed by atoms with E-state index in [-0.39, 0.29) is 64.8 Å². The Morgan fingerprint density at radius 1 is 1.15 bits per heavy atom. The number of carbonyl (C=O) groups excluding carboxylic acids is 3. The normalized spacial score (nSPS) is 44.8. The third-order valence-electron chi connectivity index (χ3n) is 11.7. The number of cyclic esters (lactones) is 2. The summed E-state index contributed by atoms with van der Waals surface area (Å²) in [5.41, 5.74) is 1.63. The highest BCUT2D eigenvalue weighted by Gasteiger charge is 2.72. The molecule has 0 amide bonds. The number of ether oxygens (including phenoxy) is 4. The lowest BCUT2D eigenvalue weighted by Gasteiger charge is -2.53. The average Bonchev–Trinajstić information content (AvgIpc) is 3.55. The quantitative estimate of drug-likeness (QED) is 0.206. The van der Waals surface area contributed by atoms with E-state index in [4.69, 9.17) is 18.9 Å². The van der Waals surface area contributed by atoms with Gasteiger partial charge in [-0.25, -0.2) is 9.59 Å². The fraction of sp³-hybridized carbons (Fsp3) is 0.719. The minimum absolute atomic E-state index is 0.0260. The van der Waals surface area contributed by atoms with Crippen LogP contribution in [-0.4, -0.2) is 47.4 Å². The van der Waals surface area contributed by atoms with Crippen molar-refractivity contribution in [1.29, 1.82) is 0 Å². The molecule has 2 fully saturated rings. The molecule has 9 atom stereocenters. The predicted molar refractivity (Wildman–Crippen MR) is 143 cm³/mol. The van der Waals surface area contributed by atoms with Crippen LogP contribution < -0.4 is 0 Å². The fourth-order valence-electron chi connectivity index (χ4n) is 9.44. The molecule has 0 unspecified atom stereocenters. The molecule has 7 heteroatoms. The largest absolute Gasteiger partial charge is 0.462 e. The van der Waals surface area contributed by atoms with Crippen molar-refractivity contribution >= 4 is 17.9 Å². The summed E-state index contributed by atoms with van der Waals surface area (Å²) in [5.74, 6) is -0.453. The van der Waals surface area contributed by atoms with Gasteiger partial charge in [0.1, 0.15) is 29.5 Å². The molecular formula is C32H42O7. The molecule has 0 aromatic rings. The zero-order valence-corrected chi connectivity index (χ0v) is 24.3. The lowest BCUT2D eigenvalue weighted by atomic mass is 9.52. The topological polar surface area (TPSA) is 91.4 Å². The van der Waals surface area contributed by atoms with E-state index < -0.39 is 11.2 Å². The van der Waals surface area contributed by atoms with E-state index in [0.29, 0.717) is 12.0 Å². The summed E-state index contributed by atoms with van der Waals surface area (Å²) in [6.45, 7) is 14.2. The standard InChI is InChI=1S/C32H42O7/c1-17-8-10-23(37-28(17)35)18(2)22-16-25(36-19(3)33)31(7)21-9-11-24-29(4,5)38-26(34)13-15-32(24)27(39-32)20(21)12-14-30(22,31)6/h8,13,15,18,22-25,27H,9-12,14,16H2,1-7H3/t18-,22+,23-,24-,25+,27+,30+,31+,32-/m0/s1. The van der Waals surface area contributed by atoms with Gasteiger partial charge in [0.05, 0.1) is 0 Å². The van der Waals surface area contributed by atoms with Crippen molar-refractivity contribution in [3.05, 3.63) is 34.9 Å². The van der Waals surface area contributed by atoms with E-state index in [0.717, 1.165) is 32.1 Å². The molecule has 1 saturated heterocycles. The van der Waals surface area contributed by atoms with Crippen LogP contribution in [0.15, 0.2) is 34.9 Å². The second-order valence-electron chi connectivity index (χ2n) is 13.8. The molecule has 39 heavy (non-hydrogen) atoms. The summed E-state index contributed by atoms with van der Waals surface area (Å²) in [5, 5.41) is 0. The zero-order valence-electron chi connectivity index (χ0n) is 24.3. The molecule has 6 rings (SSSR count). The number of fused-ring (bicyclic) bond motifs is 3. The van der Waals surface area contributed by atoms with Gasteiger partial charge in [0.25, 0.3) is 0 Å². The summed E-state index contributed by atoms with van der Waals surface area (Å²) >= 11 is 0. The number of hydrogen-bond donors (Lipinski definition) is 0. The average molecular weight is 539 g/mol. The van der Waals surface area contributed by atoms with E-state index in [1.165, 1.54) is 18.1 Å². The van der Waals surface area contributed by atoms with Gasteiger partial charge in [-0.2, -0.15) is 0 Å². The van der Waals surface area contributed by atoms with Crippen LogP contribution >= 0.6 is 0 Å². The van der Waals surface area contributed by atoms with Gasteiger partial charge in [0.2, 0.25) is 0 Å². The SMILES string of the molecule is CC(=O)O[C@@H]1C[C@H]([C@H](C)[C@@H]2CC=C(C)C(=O)O2)[C@@]2(C)CCC3=C(CC[C@H]4C(C)(C)OC(=O)C=C[C@]45O[C@H]35)[C@]12C. The Morgan fingerprint density at radius 2 is 1.90 bits per heavy atom. The molecule has 1 spiro atoms. The van der Waals surface area contributed by atoms with Crippen LogP contribution in [0, 0.1) is 28.6 Å². The summed E-state index contributed by atoms with van der Waals surface area (Å²) in [6, 6.07) is 0. The Morgan fingerprint density at radius 3 is 2.59 bits per heavy atom. The van der Waals surface area contributed by atoms with E-state index in [1.807, 2.05) is 26.0 Å². The molecule has 3 aliphatic carbocycles. The van der Waals surface area contributed by atoms with Crippen molar-refractivity contribution in [3.63, 3.8) is 0 Å². The molecule has 6 aliphatic rings. The second-order valence-corrected chi connectivity index (χ2v) is 13.8. The van der Waals surface area contributed by atoms with Gasteiger partial charge < -0.3 is 18.9 Å². The maximum Gasteiger partial charge on any atom is 0.333 e. The van der Waals surface area contributed by atoms with Crippen molar-refractivity contribution in [1.82, 2.24) is 0 Å². The van der Waals surface area contributed by atoms with Crippen molar-refractivity contribution < 1.29 is 33.3 Å². The molecular weight excluding hydrogens is 496 g/mol. The van der Waals surface area contributed by atoms with Gasteiger partial charge in [-0.3, -0.25) is 4.79 Å². The summed E-state index contributed by atoms with van der Waals surface area (Å²) in [6.07, 6.45) is 9.91. The molecule has 0 aromatic heterocycles. The van der Waals surface area contributed by atoms with Crippen molar-refractivity contribution in [2.75, 3.05) is 0 Å². The van der Waals surface area contributed by atoms with Crippen molar-refractivity contribution in [2.45, 2.75) is 117 Å². The Bertz CT molecular complexity index is 1220. The van der Waals surface area contributed by atoms with E-state index in [1.54, 1.807) is 13.0 Å². The Balaban J connectivity index is 1.41. The van der Waals surface area contributed by atoms with Crippen LogP contribution in [0.1, 0.15) is 87.0 Å². The molecule has 3 aliphatic heterocycles. The number of esters is 3. The smallest absolute Gasteiger partial charge is 0.333 e. The summed E-state index contributed by atoms with van der Waals surface area (Å²) in [7, 11) is 0. The molecule has 0 aromatic carbocycles. The maximum atomic E-state index is 12.4. The van der Waals surface area contributed by atoms with Gasteiger partial charge in [-0.1, -0.05) is 32.4 Å². The predicted octanol–water partition coefficient (Wildman–Crippen LogP) is 5.38. The minimum Gasteiger partial charge on any atom is -0.462 e. The Hall–Kier alpha value is -2.41. The van der Waals surface area contributed by atoms with Crippen LogP contribution in [0.5, 0.6) is 0 Å². The van der Waals surface area contributed by atoms with Crippen LogP contribution in [0.3, 0.4) is 0 Å². The number of epoxide rings is 1. The first-order chi connectivity index (χ1) is 18.2. The number of hydrogen-bond acceptors (Lipinski definition) is 7. The molecule has 3 heterocycles. The molecule has 1 saturated carbocycles. The monoisotopic (exact) mass is 538 g/mol. The molecule has 0 radical (unpaired) electrons. The number of rotatable bonds is 3. The fourth-order valence-corrected chi connectivity index (χ4v) is 9.44. The van der Waals surface area contributed by atoms with Crippen LogP contribution in [0.2, 0.25) is 0 Å². The van der Waals surface area contributed by atoms with Gasteiger partial charge in [0.15, 0.2) is 0 Å². The molecule has 212 valence electrons. The lowest BCUT2D eigenvalue weighted by Crippen LogP contribution is -2.49. The first-order valence-corrected chi connectivity index (χ1v) is 14.6.